The lowest BCUT2D eigenvalue weighted by Gasteiger charge is -2.18. The summed E-state index contributed by atoms with van der Waals surface area (Å²) in [6.07, 6.45) is 0.228. The predicted molar refractivity (Wildman–Crippen MR) is 96.7 cm³/mol. The summed E-state index contributed by atoms with van der Waals surface area (Å²) in [6, 6.07) is 14.0. The van der Waals surface area contributed by atoms with Crippen molar-refractivity contribution in [2.45, 2.75) is 33.0 Å². The fourth-order valence-electron chi connectivity index (χ4n) is 2.89. The van der Waals surface area contributed by atoms with Gasteiger partial charge in [-0.3, -0.25) is 0 Å². The zero-order chi connectivity index (χ0) is 17.8. The van der Waals surface area contributed by atoms with Crippen molar-refractivity contribution < 1.29 is 19.0 Å². The zero-order valence-electron chi connectivity index (χ0n) is 15.0. The lowest BCUT2D eigenvalue weighted by molar-refractivity contribution is 0.0525. The molecule has 1 fully saturated rings. The Morgan fingerprint density at radius 3 is 2.72 bits per heavy atom. The Bertz CT molecular complexity index is 749. The largest absolute Gasteiger partial charge is 0.462 e. The van der Waals surface area contributed by atoms with Gasteiger partial charge in [-0.25, -0.2) is 4.79 Å². The van der Waals surface area contributed by atoms with Crippen molar-refractivity contribution in [3.8, 4) is 11.1 Å². The fourth-order valence-corrected chi connectivity index (χ4v) is 2.89. The Balaban J connectivity index is 1.85. The highest BCUT2D eigenvalue weighted by atomic mass is 16.6. The molecule has 132 valence electrons. The highest BCUT2D eigenvalue weighted by Gasteiger charge is 2.24. The molecule has 0 amide bonds. The zero-order valence-corrected chi connectivity index (χ0v) is 15.0. The number of hydrogen-bond acceptors (Lipinski definition) is 4. The normalized spacial score (nSPS) is 17.2. The van der Waals surface area contributed by atoms with Crippen molar-refractivity contribution in [2.24, 2.45) is 0 Å². The van der Waals surface area contributed by atoms with Crippen LogP contribution in [0.1, 0.15) is 41.4 Å². The van der Waals surface area contributed by atoms with Crippen LogP contribution < -0.4 is 0 Å². The van der Waals surface area contributed by atoms with Gasteiger partial charge in [0, 0.05) is 0 Å². The molecule has 1 heterocycles. The van der Waals surface area contributed by atoms with Gasteiger partial charge in [-0.2, -0.15) is 0 Å². The van der Waals surface area contributed by atoms with Gasteiger partial charge in [-0.1, -0.05) is 36.4 Å². The number of epoxide rings is 1. The SMILES string of the molecule is CCOC(=O)c1ccc(-c2ccccc2C(C)OCC2CO2)cc1C. The number of hydrogen-bond donors (Lipinski definition) is 0. The van der Waals surface area contributed by atoms with E-state index >= 15 is 0 Å². The predicted octanol–water partition coefficient (Wildman–Crippen LogP) is 4.32. The average Bonchev–Trinajstić information content (AvgIpc) is 3.44. The lowest BCUT2D eigenvalue weighted by atomic mass is 9.94. The van der Waals surface area contributed by atoms with Crippen LogP contribution in [0.3, 0.4) is 0 Å². The quantitative estimate of drug-likeness (QED) is 0.556. The van der Waals surface area contributed by atoms with Gasteiger partial charge >= 0.3 is 5.97 Å². The van der Waals surface area contributed by atoms with E-state index in [0.29, 0.717) is 18.8 Å². The number of carbonyl (C=O) groups is 1. The van der Waals surface area contributed by atoms with Gasteiger partial charge < -0.3 is 14.2 Å². The summed E-state index contributed by atoms with van der Waals surface area (Å²) in [4.78, 5) is 12.0. The molecule has 25 heavy (non-hydrogen) atoms. The molecule has 2 unspecified atom stereocenters. The van der Waals surface area contributed by atoms with Gasteiger partial charge in [0.2, 0.25) is 0 Å². The Morgan fingerprint density at radius 2 is 2.04 bits per heavy atom. The minimum absolute atomic E-state index is 0.0227. The lowest BCUT2D eigenvalue weighted by Crippen LogP contribution is -2.08. The molecule has 0 radical (unpaired) electrons. The maximum atomic E-state index is 12.0. The molecule has 4 nitrogen and oxygen atoms in total. The van der Waals surface area contributed by atoms with Gasteiger partial charge in [0.15, 0.2) is 0 Å². The van der Waals surface area contributed by atoms with Crippen LogP contribution in [0.15, 0.2) is 42.5 Å². The molecule has 4 heteroatoms. The van der Waals surface area contributed by atoms with Gasteiger partial charge in [-0.15, -0.1) is 0 Å². The number of esters is 1. The number of rotatable bonds is 7. The Labute approximate surface area is 148 Å². The smallest absolute Gasteiger partial charge is 0.338 e. The summed E-state index contributed by atoms with van der Waals surface area (Å²) in [7, 11) is 0. The summed E-state index contributed by atoms with van der Waals surface area (Å²) < 4.78 is 16.3. The number of ether oxygens (including phenoxy) is 3. The highest BCUT2D eigenvalue weighted by Crippen LogP contribution is 2.31. The highest BCUT2D eigenvalue weighted by molar-refractivity contribution is 5.92. The van der Waals surface area contributed by atoms with Crippen LogP contribution in [-0.4, -0.2) is 31.9 Å². The van der Waals surface area contributed by atoms with E-state index in [0.717, 1.165) is 28.9 Å². The van der Waals surface area contributed by atoms with Crippen molar-refractivity contribution >= 4 is 5.97 Å². The molecule has 1 aliphatic rings. The van der Waals surface area contributed by atoms with Crippen LogP contribution in [-0.2, 0) is 14.2 Å². The molecule has 3 rings (SSSR count). The molecule has 0 aromatic heterocycles. The molecule has 2 atom stereocenters. The van der Waals surface area contributed by atoms with Gasteiger partial charge in [0.25, 0.3) is 0 Å². The number of benzene rings is 2. The first kappa shape index (κ1) is 17.6. The van der Waals surface area contributed by atoms with Crippen molar-refractivity contribution in [1.29, 1.82) is 0 Å². The number of aryl methyl sites for hydroxylation is 1. The van der Waals surface area contributed by atoms with Crippen LogP contribution in [0, 0.1) is 6.92 Å². The molecule has 0 aliphatic carbocycles. The molecule has 0 bridgehead atoms. The third-order valence-corrected chi connectivity index (χ3v) is 4.37. The van der Waals surface area contributed by atoms with Crippen LogP contribution in [0.25, 0.3) is 11.1 Å². The Morgan fingerprint density at radius 1 is 1.28 bits per heavy atom. The van der Waals surface area contributed by atoms with Crippen molar-refractivity contribution in [2.75, 3.05) is 19.8 Å². The minimum atomic E-state index is -0.277. The van der Waals surface area contributed by atoms with Crippen LogP contribution >= 0.6 is 0 Å². The standard InChI is InChI=1S/C21H24O4/c1-4-23-21(22)18-10-9-16(11-14(18)2)20-8-6-5-7-19(20)15(3)24-12-17-13-25-17/h5-11,15,17H,4,12-13H2,1-3H3. The van der Waals surface area contributed by atoms with E-state index in [1.807, 2.05) is 44.2 Å². The first-order valence-electron chi connectivity index (χ1n) is 8.70. The molecule has 2 aromatic carbocycles. The third-order valence-electron chi connectivity index (χ3n) is 4.37. The molecular weight excluding hydrogens is 316 g/mol. The molecule has 0 N–H and O–H groups in total. The second-order valence-corrected chi connectivity index (χ2v) is 6.27. The third kappa shape index (κ3) is 4.27. The van der Waals surface area contributed by atoms with E-state index in [4.69, 9.17) is 14.2 Å². The monoisotopic (exact) mass is 340 g/mol. The van der Waals surface area contributed by atoms with E-state index in [-0.39, 0.29) is 18.2 Å². The first-order chi connectivity index (χ1) is 12.1. The van der Waals surface area contributed by atoms with Crippen molar-refractivity contribution in [1.82, 2.24) is 0 Å². The second-order valence-electron chi connectivity index (χ2n) is 6.27. The second kappa shape index (κ2) is 7.81. The first-order valence-corrected chi connectivity index (χ1v) is 8.70. The number of carbonyl (C=O) groups excluding carboxylic acids is 1. The van der Waals surface area contributed by atoms with Gasteiger partial charge in [-0.05, 0) is 49.1 Å². The molecular formula is C21H24O4. The van der Waals surface area contributed by atoms with Crippen LogP contribution in [0.4, 0.5) is 0 Å². The fraction of sp³-hybridized carbons (Fsp3) is 0.381. The van der Waals surface area contributed by atoms with E-state index in [1.54, 1.807) is 0 Å². The van der Waals surface area contributed by atoms with E-state index in [2.05, 4.69) is 19.1 Å². The molecule has 0 spiro atoms. The Kier molecular flexibility index (Phi) is 5.51. The van der Waals surface area contributed by atoms with Crippen molar-refractivity contribution in [3.05, 3.63) is 59.2 Å². The van der Waals surface area contributed by atoms with Crippen LogP contribution in [0.2, 0.25) is 0 Å². The maximum Gasteiger partial charge on any atom is 0.338 e. The molecule has 1 aliphatic heterocycles. The summed E-state index contributed by atoms with van der Waals surface area (Å²) in [5.41, 5.74) is 4.83. The topological polar surface area (TPSA) is 48.1 Å². The van der Waals surface area contributed by atoms with Crippen molar-refractivity contribution in [3.63, 3.8) is 0 Å². The summed E-state index contributed by atoms with van der Waals surface area (Å²) in [5.74, 6) is -0.277. The summed E-state index contributed by atoms with van der Waals surface area (Å²) in [5, 5.41) is 0. The molecule has 0 saturated carbocycles. The van der Waals surface area contributed by atoms with E-state index < -0.39 is 0 Å². The Hall–Kier alpha value is -2.17. The summed E-state index contributed by atoms with van der Waals surface area (Å²) >= 11 is 0. The average molecular weight is 340 g/mol. The minimum Gasteiger partial charge on any atom is -0.462 e. The molecule has 1 saturated heterocycles. The molecule has 2 aromatic rings. The van der Waals surface area contributed by atoms with E-state index in [1.165, 1.54) is 0 Å². The van der Waals surface area contributed by atoms with Gasteiger partial charge in [0.1, 0.15) is 6.10 Å². The van der Waals surface area contributed by atoms with Gasteiger partial charge in [0.05, 0.1) is 31.5 Å². The van der Waals surface area contributed by atoms with E-state index in [9.17, 15) is 4.79 Å². The van der Waals surface area contributed by atoms with Crippen LogP contribution in [0.5, 0.6) is 0 Å². The summed E-state index contributed by atoms with van der Waals surface area (Å²) in [6.45, 7) is 7.59. The maximum absolute atomic E-state index is 12.0.